The minimum atomic E-state index is 0.609. The van der Waals surface area contributed by atoms with Crippen molar-refractivity contribution in [2.75, 3.05) is 0 Å². The van der Waals surface area contributed by atoms with Gasteiger partial charge in [0, 0.05) is 11.8 Å². The summed E-state index contributed by atoms with van der Waals surface area (Å²) in [5.74, 6) is 1.69. The van der Waals surface area contributed by atoms with Gasteiger partial charge < -0.3 is 0 Å². The molecule has 1 aromatic heterocycles. The van der Waals surface area contributed by atoms with Crippen molar-refractivity contribution in [2.24, 2.45) is 5.92 Å². The number of rotatable bonds is 9. The molecule has 148 valence electrons. The second kappa shape index (κ2) is 11.0. The zero-order chi connectivity index (χ0) is 19.6. The fourth-order valence-electron chi connectivity index (χ4n) is 4.55. The highest BCUT2D eigenvalue weighted by Crippen LogP contribution is 2.38. The van der Waals surface area contributed by atoms with E-state index in [1.165, 1.54) is 76.2 Å². The van der Waals surface area contributed by atoms with Gasteiger partial charge >= 0.3 is 0 Å². The van der Waals surface area contributed by atoms with Crippen LogP contribution in [0.15, 0.2) is 42.6 Å². The lowest BCUT2D eigenvalue weighted by Gasteiger charge is -2.29. The van der Waals surface area contributed by atoms with Crippen LogP contribution in [0, 0.1) is 17.2 Å². The minimum absolute atomic E-state index is 0.609. The molecule has 0 radical (unpaired) electrons. The van der Waals surface area contributed by atoms with Crippen LogP contribution in [0.4, 0.5) is 0 Å². The summed E-state index contributed by atoms with van der Waals surface area (Å²) in [5, 5.41) is 8.90. The number of nitrogens with zero attached hydrogens (tertiary/aromatic N) is 2. The number of unbranched alkanes of at least 4 members (excludes halogenated alkanes) is 5. The fraction of sp³-hybridized carbons (Fsp3) is 0.538. The van der Waals surface area contributed by atoms with Gasteiger partial charge in [-0.05, 0) is 55.2 Å². The number of benzene rings is 1. The SMILES string of the molecule is CCCCCCCCC1CCC(c2ccc(-c3ccc(C#N)cn3)cc2)CC1. The van der Waals surface area contributed by atoms with Crippen LogP contribution in [0.2, 0.25) is 0 Å². The summed E-state index contributed by atoms with van der Waals surface area (Å²) in [7, 11) is 0. The van der Waals surface area contributed by atoms with E-state index in [-0.39, 0.29) is 0 Å². The topological polar surface area (TPSA) is 36.7 Å². The van der Waals surface area contributed by atoms with E-state index in [0.717, 1.165) is 23.1 Å². The highest BCUT2D eigenvalue weighted by molar-refractivity contribution is 5.60. The first-order chi connectivity index (χ1) is 13.8. The van der Waals surface area contributed by atoms with Crippen LogP contribution in [0.5, 0.6) is 0 Å². The lowest BCUT2D eigenvalue weighted by molar-refractivity contribution is 0.302. The molecule has 1 fully saturated rings. The summed E-state index contributed by atoms with van der Waals surface area (Å²) in [6.07, 6.45) is 17.1. The normalized spacial score (nSPS) is 19.3. The van der Waals surface area contributed by atoms with Crippen molar-refractivity contribution in [2.45, 2.75) is 83.5 Å². The van der Waals surface area contributed by atoms with Crippen LogP contribution in [0.1, 0.15) is 94.6 Å². The molecule has 1 aromatic carbocycles. The lowest BCUT2D eigenvalue weighted by atomic mass is 9.77. The average molecular weight is 375 g/mol. The van der Waals surface area contributed by atoms with Gasteiger partial charge in [0.05, 0.1) is 11.3 Å². The lowest BCUT2D eigenvalue weighted by Crippen LogP contribution is -2.13. The molecule has 1 aliphatic rings. The van der Waals surface area contributed by atoms with Gasteiger partial charge in [0.25, 0.3) is 0 Å². The molecule has 1 saturated carbocycles. The largest absolute Gasteiger partial charge is 0.255 e. The zero-order valence-electron chi connectivity index (χ0n) is 17.4. The Bertz CT molecular complexity index is 731. The van der Waals surface area contributed by atoms with Gasteiger partial charge in [-0.3, -0.25) is 4.98 Å². The molecule has 28 heavy (non-hydrogen) atoms. The summed E-state index contributed by atoms with van der Waals surface area (Å²) in [6.45, 7) is 2.29. The molecule has 2 aromatic rings. The zero-order valence-corrected chi connectivity index (χ0v) is 17.4. The summed E-state index contributed by atoms with van der Waals surface area (Å²) >= 11 is 0. The highest BCUT2D eigenvalue weighted by atomic mass is 14.7. The van der Waals surface area contributed by atoms with E-state index in [0.29, 0.717) is 5.56 Å². The summed E-state index contributed by atoms with van der Waals surface area (Å²) in [6, 6.07) is 14.8. The van der Waals surface area contributed by atoms with E-state index < -0.39 is 0 Å². The van der Waals surface area contributed by atoms with E-state index in [1.54, 1.807) is 6.20 Å². The third kappa shape index (κ3) is 5.93. The maximum atomic E-state index is 8.90. The van der Waals surface area contributed by atoms with E-state index >= 15 is 0 Å². The Labute approximate surface area is 171 Å². The number of hydrogen-bond acceptors (Lipinski definition) is 2. The first-order valence-electron chi connectivity index (χ1n) is 11.3. The third-order valence-corrected chi connectivity index (χ3v) is 6.38. The number of aromatic nitrogens is 1. The van der Waals surface area contributed by atoms with Gasteiger partial charge in [-0.25, -0.2) is 0 Å². The standard InChI is InChI=1S/C26H34N2/c1-2-3-4-5-6-7-8-21-9-12-23(13-10-21)24-14-16-25(17-15-24)26-18-11-22(19-27)20-28-26/h11,14-18,20-21,23H,2-10,12-13H2,1H3. The van der Waals surface area contributed by atoms with Gasteiger partial charge in [-0.1, -0.05) is 76.1 Å². The second-order valence-corrected chi connectivity index (χ2v) is 8.44. The van der Waals surface area contributed by atoms with Gasteiger partial charge in [0.15, 0.2) is 0 Å². The molecule has 0 amide bonds. The van der Waals surface area contributed by atoms with Gasteiger partial charge in [0.1, 0.15) is 6.07 Å². The Morgan fingerprint density at radius 2 is 1.61 bits per heavy atom. The van der Waals surface area contributed by atoms with Gasteiger partial charge in [-0.15, -0.1) is 0 Å². The molecule has 0 saturated heterocycles. The Kier molecular flexibility index (Phi) is 8.09. The van der Waals surface area contributed by atoms with E-state index in [9.17, 15) is 0 Å². The number of nitriles is 1. The molecule has 0 spiro atoms. The van der Waals surface area contributed by atoms with Crippen molar-refractivity contribution >= 4 is 0 Å². The molecule has 2 heteroatoms. The van der Waals surface area contributed by atoms with E-state index in [1.807, 2.05) is 12.1 Å². The third-order valence-electron chi connectivity index (χ3n) is 6.38. The van der Waals surface area contributed by atoms with Crippen LogP contribution < -0.4 is 0 Å². The molecule has 0 unspecified atom stereocenters. The maximum Gasteiger partial charge on any atom is 0.101 e. The van der Waals surface area contributed by atoms with Crippen LogP contribution in [0.25, 0.3) is 11.3 Å². The van der Waals surface area contributed by atoms with E-state index in [2.05, 4.69) is 42.2 Å². The smallest absolute Gasteiger partial charge is 0.101 e. The van der Waals surface area contributed by atoms with Crippen molar-refractivity contribution < 1.29 is 0 Å². The Balaban J connectivity index is 1.43. The summed E-state index contributed by atoms with van der Waals surface area (Å²) in [5.41, 5.74) is 4.16. The predicted octanol–water partition coefficient (Wildman–Crippen LogP) is 7.64. The van der Waals surface area contributed by atoms with Crippen LogP contribution >= 0.6 is 0 Å². The Morgan fingerprint density at radius 1 is 0.893 bits per heavy atom. The molecule has 0 bridgehead atoms. The highest BCUT2D eigenvalue weighted by Gasteiger charge is 2.22. The average Bonchev–Trinajstić information content (AvgIpc) is 2.77. The molecule has 3 rings (SSSR count). The molecule has 0 N–H and O–H groups in total. The van der Waals surface area contributed by atoms with Gasteiger partial charge in [-0.2, -0.15) is 5.26 Å². The monoisotopic (exact) mass is 374 g/mol. The summed E-state index contributed by atoms with van der Waals surface area (Å²) in [4.78, 5) is 4.40. The molecule has 2 nitrogen and oxygen atoms in total. The van der Waals surface area contributed by atoms with Crippen molar-refractivity contribution in [3.05, 3.63) is 53.7 Å². The van der Waals surface area contributed by atoms with Crippen LogP contribution in [-0.4, -0.2) is 4.98 Å². The molecule has 0 aliphatic heterocycles. The Hall–Kier alpha value is -2.14. The molecule has 1 aliphatic carbocycles. The second-order valence-electron chi connectivity index (χ2n) is 8.44. The molecular weight excluding hydrogens is 340 g/mol. The van der Waals surface area contributed by atoms with Crippen LogP contribution in [0.3, 0.4) is 0 Å². The number of hydrogen-bond donors (Lipinski definition) is 0. The quantitative estimate of drug-likeness (QED) is 0.423. The molecular formula is C26H34N2. The van der Waals surface area contributed by atoms with Crippen LogP contribution in [-0.2, 0) is 0 Å². The Morgan fingerprint density at radius 3 is 2.25 bits per heavy atom. The fourth-order valence-corrected chi connectivity index (χ4v) is 4.55. The summed E-state index contributed by atoms with van der Waals surface area (Å²) < 4.78 is 0. The minimum Gasteiger partial charge on any atom is -0.255 e. The van der Waals surface area contributed by atoms with Crippen molar-refractivity contribution in [1.82, 2.24) is 4.98 Å². The van der Waals surface area contributed by atoms with Crippen molar-refractivity contribution in [3.8, 4) is 17.3 Å². The van der Waals surface area contributed by atoms with Crippen molar-refractivity contribution in [1.29, 1.82) is 5.26 Å². The van der Waals surface area contributed by atoms with Gasteiger partial charge in [0.2, 0.25) is 0 Å². The molecule has 1 heterocycles. The van der Waals surface area contributed by atoms with Crippen molar-refractivity contribution in [3.63, 3.8) is 0 Å². The number of pyridine rings is 1. The maximum absolute atomic E-state index is 8.90. The molecule has 0 atom stereocenters. The van der Waals surface area contributed by atoms with E-state index in [4.69, 9.17) is 5.26 Å². The first-order valence-corrected chi connectivity index (χ1v) is 11.3. The predicted molar refractivity (Wildman–Crippen MR) is 117 cm³/mol. The first kappa shape index (κ1) is 20.6.